The largest absolute Gasteiger partial charge is 0.239 e. The van der Waals surface area contributed by atoms with E-state index in [1.807, 2.05) is 6.92 Å². The molecule has 0 saturated carbocycles. The summed E-state index contributed by atoms with van der Waals surface area (Å²) in [4.78, 5) is 7.78. The normalized spacial score (nSPS) is 13.1. The molecule has 0 amide bonds. The predicted molar refractivity (Wildman–Crippen MR) is 49.4 cm³/mol. The van der Waals surface area contributed by atoms with Crippen LogP contribution >= 0.6 is 39.1 Å². The fourth-order valence-electron chi connectivity index (χ4n) is 0.638. The first kappa shape index (κ1) is 9.23. The molecule has 11 heavy (non-hydrogen) atoms. The summed E-state index contributed by atoms with van der Waals surface area (Å²) in [6, 6.07) is 0. The molecular weight excluding hydrogens is 251 g/mol. The number of aromatic nitrogens is 2. The molecule has 0 bridgehead atoms. The van der Waals surface area contributed by atoms with Crippen molar-refractivity contribution in [2.45, 2.75) is 11.8 Å². The van der Waals surface area contributed by atoms with Crippen molar-refractivity contribution in [3.05, 3.63) is 22.2 Å². The molecule has 0 spiro atoms. The van der Waals surface area contributed by atoms with Gasteiger partial charge in [0.1, 0.15) is 11.3 Å². The van der Waals surface area contributed by atoms with Crippen molar-refractivity contribution in [1.29, 1.82) is 0 Å². The standard InChI is InChI=1S/C6H5BrCl2N2/c1-3(7)5-4(8)6(9)11-2-10-5/h2-3H,1H3. The minimum Gasteiger partial charge on any atom is -0.239 e. The summed E-state index contributed by atoms with van der Waals surface area (Å²) >= 11 is 14.8. The molecule has 1 atom stereocenters. The number of rotatable bonds is 1. The summed E-state index contributed by atoms with van der Waals surface area (Å²) in [5.41, 5.74) is 0.715. The van der Waals surface area contributed by atoms with Crippen molar-refractivity contribution in [1.82, 2.24) is 9.97 Å². The molecule has 2 nitrogen and oxygen atoms in total. The molecule has 60 valence electrons. The topological polar surface area (TPSA) is 25.8 Å². The quantitative estimate of drug-likeness (QED) is 0.569. The van der Waals surface area contributed by atoms with Crippen LogP contribution in [0.4, 0.5) is 0 Å². The van der Waals surface area contributed by atoms with Crippen LogP contribution in [-0.2, 0) is 0 Å². The maximum Gasteiger partial charge on any atom is 0.151 e. The lowest BCUT2D eigenvalue weighted by molar-refractivity contribution is 0.990. The summed E-state index contributed by atoms with van der Waals surface area (Å²) < 4.78 is 0. The van der Waals surface area contributed by atoms with Gasteiger partial charge in [-0.1, -0.05) is 39.1 Å². The van der Waals surface area contributed by atoms with Crippen molar-refractivity contribution in [2.75, 3.05) is 0 Å². The first-order valence-electron chi connectivity index (χ1n) is 2.93. The van der Waals surface area contributed by atoms with Crippen LogP contribution in [-0.4, -0.2) is 9.97 Å². The summed E-state index contributed by atoms with van der Waals surface area (Å²) in [6.07, 6.45) is 1.39. The van der Waals surface area contributed by atoms with Gasteiger partial charge in [-0.2, -0.15) is 0 Å². The summed E-state index contributed by atoms with van der Waals surface area (Å²) in [5, 5.41) is 0.710. The maximum atomic E-state index is 5.80. The first-order chi connectivity index (χ1) is 5.13. The van der Waals surface area contributed by atoms with Gasteiger partial charge in [0, 0.05) is 0 Å². The molecule has 0 fully saturated rings. The van der Waals surface area contributed by atoms with Crippen molar-refractivity contribution >= 4 is 39.1 Å². The van der Waals surface area contributed by atoms with E-state index in [9.17, 15) is 0 Å². The fourth-order valence-corrected chi connectivity index (χ4v) is 1.52. The second-order valence-electron chi connectivity index (χ2n) is 1.98. The molecule has 1 heterocycles. The molecule has 1 aromatic rings. The molecule has 0 aliphatic heterocycles. The summed E-state index contributed by atoms with van der Waals surface area (Å²) in [6.45, 7) is 1.92. The second kappa shape index (κ2) is 3.70. The Balaban J connectivity index is 3.17. The minimum atomic E-state index is 0.0931. The third-order valence-corrected chi connectivity index (χ3v) is 2.34. The van der Waals surface area contributed by atoms with Crippen LogP contribution in [0, 0.1) is 0 Å². The lowest BCUT2D eigenvalue weighted by Gasteiger charge is -2.04. The first-order valence-corrected chi connectivity index (χ1v) is 4.60. The van der Waals surface area contributed by atoms with Gasteiger partial charge in [-0.15, -0.1) is 0 Å². The van der Waals surface area contributed by atoms with Gasteiger partial charge in [0.2, 0.25) is 0 Å². The van der Waals surface area contributed by atoms with E-state index in [2.05, 4.69) is 25.9 Å². The zero-order valence-electron chi connectivity index (χ0n) is 5.68. The minimum absolute atomic E-state index is 0.0931. The lowest BCUT2D eigenvalue weighted by Crippen LogP contribution is -1.92. The molecule has 0 N–H and O–H groups in total. The van der Waals surface area contributed by atoms with Gasteiger partial charge in [0.05, 0.1) is 10.5 Å². The number of nitrogens with zero attached hydrogens (tertiary/aromatic N) is 2. The summed E-state index contributed by atoms with van der Waals surface area (Å²) in [7, 11) is 0. The van der Waals surface area contributed by atoms with Crippen LogP contribution in [0.5, 0.6) is 0 Å². The van der Waals surface area contributed by atoms with Gasteiger partial charge in [-0.25, -0.2) is 9.97 Å². The number of hydrogen-bond acceptors (Lipinski definition) is 2. The van der Waals surface area contributed by atoms with E-state index in [1.165, 1.54) is 6.33 Å². The highest BCUT2D eigenvalue weighted by molar-refractivity contribution is 9.09. The second-order valence-corrected chi connectivity index (χ2v) is 4.09. The van der Waals surface area contributed by atoms with E-state index < -0.39 is 0 Å². The maximum absolute atomic E-state index is 5.80. The van der Waals surface area contributed by atoms with E-state index in [1.54, 1.807) is 0 Å². The smallest absolute Gasteiger partial charge is 0.151 e. The van der Waals surface area contributed by atoms with Gasteiger partial charge in [-0.3, -0.25) is 0 Å². The molecular formula is C6H5BrCl2N2. The Morgan fingerprint density at radius 2 is 2.09 bits per heavy atom. The molecule has 5 heteroatoms. The van der Waals surface area contributed by atoms with Crippen LogP contribution in [0.1, 0.15) is 17.4 Å². The molecule has 0 saturated heterocycles. The van der Waals surface area contributed by atoms with Crippen LogP contribution < -0.4 is 0 Å². The Hall–Kier alpha value is 0.140. The third-order valence-electron chi connectivity index (χ3n) is 1.15. The van der Waals surface area contributed by atoms with Gasteiger partial charge in [-0.05, 0) is 6.92 Å². The van der Waals surface area contributed by atoms with Gasteiger partial charge >= 0.3 is 0 Å². The molecule has 1 aromatic heterocycles. The molecule has 0 aromatic carbocycles. The molecule has 0 aliphatic rings. The van der Waals surface area contributed by atoms with Crippen LogP contribution in [0.2, 0.25) is 10.2 Å². The highest BCUT2D eigenvalue weighted by Crippen LogP contribution is 2.30. The average Bonchev–Trinajstić information content (AvgIpc) is 1.94. The van der Waals surface area contributed by atoms with Gasteiger partial charge < -0.3 is 0 Å². The molecule has 1 unspecified atom stereocenters. The van der Waals surface area contributed by atoms with Crippen molar-refractivity contribution in [2.24, 2.45) is 0 Å². The van der Waals surface area contributed by atoms with Crippen LogP contribution in [0.25, 0.3) is 0 Å². The van der Waals surface area contributed by atoms with Crippen molar-refractivity contribution in [3.63, 3.8) is 0 Å². The Morgan fingerprint density at radius 3 is 2.55 bits per heavy atom. The highest BCUT2D eigenvalue weighted by Gasteiger charge is 2.10. The predicted octanol–water partition coefficient (Wildman–Crippen LogP) is 3.24. The fraction of sp³-hybridized carbons (Fsp3) is 0.333. The zero-order chi connectivity index (χ0) is 8.43. The van der Waals surface area contributed by atoms with Crippen LogP contribution in [0.15, 0.2) is 6.33 Å². The van der Waals surface area contributed by atoms with Gasteiger partial charge in [0.25, 0.3) is 0 Å². The molecule has 1 rings (SSSR count). The van der Waals surface area contributed by atoms with E-state index in [0.717, 1.165) is 0 Å². The number of hydrogen-bond donors (Lipinski definition) is 0. The van der Waals surface area contributed by atoms with Crippen molar-refractivity contribution in [3.8, 4) is 0 Å². The van der Waals surface area contributed by atoms with E-state index in [4.69, 9.17) is 23.2 Å². The summed E-state index contributed by atoms with van der Waals surface area (Å²) in [5.74, 6) is 0. The highest BCUT2D eigenvalue weighted by atomic mass is 79.9. The van der Waals surface area contributed by atoms with E-state index >= 15 is 0 Å². The number of alkyl halides is 1. The number of halogens is 3. The average molecular weight is 256 g/mol. The van der Waals surface area contributed by atoms with E-state index in [0.29, 0.717) is 15.9 Å². The molecule has 0 aliphatic carbocycles. The SMILES string of the molecule is CC(Br)c1ncnc(Cl)c1Cl. The van der Waals surface area contributed by atoms with Crippen LogP contribution in [0.3, 0.4) is 0 Å². The zero-order valence-corrected chi connectivity index (χ0v) is 8.78. The molecule has 0 radical (unpaired) electrons. The third kappa shape index (κ3) is 2.04. The Kier molecular flexibility index (Phi) is 3.10. The monoisotopic (exact) mass is 254 g/mol. The Morgan fingerprint density at radius 1 is 1.45 bits per heavy atom. The van der Waals surface area contributed by atoms with Crippen molar-refractivity contribution < 1.29 is 0 Å². The van der Waals surface area contributed by atoms with Gasteiger partial charge in [0.15, 0.2) is 5.15 Å². The van der Waals surface area contributed by atoms with E-state index in [-0.39, 0.29) is 4.83 Å². The Bertz CT molecular complexity index is 265. The Labute approximate surface area is 83.1 Å². The lowest BCUT2D eigenvalue weighted by atomic mass is 10.3.